The van der Waals surface area contributed by atoms with Crippen LogP contribution in [0.3, 0.4) is 0 Å². The van der Waals surface area contributed by atoms with Crippen LogP contribution in [0, 0.1) is 0 Å². The van der Waals surface area contributed by atoms with Crippen molar-refractivity contribution in [3.63, 3.8) is 0 Å². The van der Waals surface area contributed by atoms with Crippen molar-refractivity contribution in [1.29, 1.82) is 0 Å². The van der Waals surface area contributed by atoms with Gasteiger partial charge in [-0.15, -0.1) is 0 Å². The number of benzene rings is 2. The minimum atomic E-state index is -0.524. The van der Waals surface area contributed by atoms with Crippen LogP contribution in [-0.2, 0) is 9.47 Å². The number of nitrogens with zero attached hydrogens (tertiary/aromatic N) is 3. The van der Waals surface area contributed by atoms with Crippen LogP contribution in [-0.4, -0.2) is 73.8 Å². The molecule has 2 aromatic carbocycles. The second kappa shape index (κ2) is 11.8. The minimum Gasteiger partial charge on any atom is -0.495 e. The Kier molecular flexibility index (Phi) is 8.21. The van der Waals surface area contributed by atoms with Gasteiger partial charge in [-0.1, -0.05) is 0 Å². The van der Waals surface area contributed by atoms with Gasteiger partial charge < -0.3 is 28.7 Å². The van der Waals surface area contributed by atoms with E-state index in [1.54, 1.807) is 22.8 Å². The summed E-state index contributed by atoms with van der Waals surface area (Å²) >= 11 is 0. The quantitative estimate of drug-likeness (QED) is 0.428. The van der Waals surface area contributed by atoms with Gasteiger partial charge in [-0.3, -0.25) is 9.36 Å². The van der Waals surface area contributed by atoms with Gasteiger partial charge in [-0.25, -0.2) is 4.79 Å². The molecule has 2 saturated heterocycles. The van der Waals surface area contributed by atoms with Crippen molar-refractivity contribution in [2.24, 2.45) is 0 Å². The van der Waals surface area contributed by atoms with E-state index in [1.165, 1.54) is 0 Å². The van der Waals surface area contributed by atoms with Crippen molar-refractivity contribution in [3.8, 4) is 17.2 Å². The molecule has 40 heavy (non-hydrogen) atoms. The van der Waals surface area contributed by atoms with Gasteiger partial charge in [0.05, 0.1) is 24.6 Å². The third-order valence-electron chi connectivity index (χ3n) is 7.27. The van der Waals surface area contributed by atoms with Gasteiger partial charge >= 0.3 is 6.09 Å². The molecule has 9 heteroatoms. The molecule has 214 valence electrons. The summed E-state index contributed by atoms with van der Waals surface area (Å²) in [5.74, 6) is 1.40. The van der Waals surface area contributed by atoms with Crippen LogP contribution in [0.2, 0.25) is 0 Å². The Hall–Kier alpha value is -3.72. The normalized spacial score (nSPS) is 18.1. The zero-order valence-electron chi connectivity index (χ0n) is 23.9. The third-order valence-corrected chi connectivity index (χ3v) is 7.27. The molecule has 2 aliphatic heterocycles. The molecule has 3 aromatic rings. The first kappa shape index (κ1) is 27.8. The third kappa shape index (κ3) is 6.36. The average Bonchev–Trinajstić information content (AvgIpc) is 3.33. The van der Waals surface area contributed by atoms with Crippen molar-refractivity contribution >= 4 is 22.6 Å². The van der Waals surface area contributed by atoms with Crippen LogP contribution in [0.4, 0.5) is 10.5 Å². The molecule has 1 amide bonds. The largest absolute Gasteiger partial charge is 0.495 e. The number of anilines is 1. The molecule has 0 unspecified atom stereocenters. The number of carbonyl (C=O) groups excluding carboxylic acids is 1. The summed E-state index contributed by atoms with van der Waals surface area (Å²) in [5, 5.41) is 1.44. The van der Waals surface area contributed by atoms with Gasteiger partial charge in [-0.2, -0.15) is 0 Å². The maximum absolute atomic E-state index is 13.4. The van der Waals surface area contributed by atoms with Crippen molar-refractivity contribution in [2.75, 3.05) is 51.4 Å². The van der Waals surface area contributed by atoms with Crippen LogP contribution in [0.15, 0.2) is 53.5 Å². The Bertz CT molecular complexity index is 1410. The molecule has 2 fully saturated rings. The number of hydrogen-bond donors (Lipinski definition) is 0. The topological polar surface area (TPSA) is 82.5 Å². The van der Waals surface area contributed by atoms with E-state index < -0.39 is 5.60 Å². The lowest BCUT2D eigenvalue weighted by molar-refractivity contribution is 0.0263. The van der Waals surface area contributed by atoms with Crippen LogP contribution < -0.4 is 19.9 Å². The van der Waals surface area contributed by atoms with E-state index in [0.29, 0.717) is 37.4 Å². The van der Waals surface area contributed by atoms with E-state index in [-0.39, 0.29) is 17.8 Å². The van der Waals surface area contributed by atoms with Crippen LogP contribution in [0.1, 0.15) is 40.0 Å². The first-order valence-corrected chi connectivity index (χ1v) is 14.0. The zero-order valence-corrected chi connectivity index (χ0v) is 23.9. The summed E-state index contributed by atoms with van der Waals surface area (Å²) in [6.45, 7) is 9.57. The summed E-state index contributed by atoms with van der Waals surface area (Å²) in [6.07, 6.45) is 4.54. The minimum absolute atomic E-state index is 0.110. The summed E-state index contributed by atoms with van der Waals surface area (Å²) in [4.78, 5) is 30.0. The SMILES string of the molecule is COc1cc(-n2ccc3cc(OC[C@@H]4CCCO4)ccc3c2=O)ccc1N1CCCN(C(=O)OC(C)(C)C)CC1. The van der Waals surface area contributed by atoms with Crippen molar-refractivity contribution in [2.45, 2.75) is 51.7 Å². The van der Waals surface area contributed by atoms with Crippen LogP contribution >= 0.6 is 0 Å². The standard InChI is InChI=1S/C31H39N3O6/c1-31(2,3)40-30(36)33-14-6-13-32(16-17-33)27-11-8-23(20-28(27)37-4)34-15-12-22-19-24(9-10-26(22)29(34)35)39-21-25-7-5-18-38-25/h8-12,15,19-20,25H,5-7,13-14,16-18,21H2,1-4H3/t25-/m0/s1. The highest BCUT2D eigenvalue weighted by Crippen LogP contribution is 2.32. The molecule has 1 atom stereocenters. The maximum Gasteiger partial charge on any atom is 0.410 e. The molecule has 2 aliphatic rings. The number of methoxy groups -OCH3 is 1. The summed E-state index contributed by atoms with van der Waals surface area (Å²) in [5.41, 5.74) is 1.01. The lowest BCUT2D eigenvalue weighted by Gasteiger charge is -2.27. The van der Waals surface area contributed by atoms with E-state index in [4.69, 9.17) is 18.9 Å². The second-order valence-electron chi connectivity index (χ2n) is 11.4. The van der Waals surface area contributed by atoms with Crippen molar-refractivity contribution < 1.29 is 23.7 Å². The molecule has 5 rings (SSSR count). The van der Waals surface area contributed by atoms with Crippen molar-refractivity contribution in [3.05, 3.63) is 59.0 Å². The van der Waals surface area contributed by atoms with Crippen LogP contribution in [0.25, 0.3) is 16.5 Å². The van der Waals surface area contributed by atoms with Gasteiger partial charge in [0.2, 0.25) is 0 Å². The zero-order chi connectivity index (χ0) is 28.3. The lowest BCUT2D eigenvalue weighted by Crippen LogP contribution is -2.39. The molecule has 0 radical (unpaired) electrons. The predicted octanol–water partition coefficient (Wildman–Crippen LogP) is 5.00. The lowest BCUT2D eigenvalue weighted by atomic mass is 10.1. The first-order valence-electron chi connectivity index (χ1n) is 14.0. The Morgan fingerprint density at radius 1 is 1.02 bits per heavy atom. The first-order chi connectivity index (χ1) is 19.2. The summed E-state index contributed by atoms with van der Waals surface area (Å²) in [7, 11) is 1.63. The Labute approximate surface area is 235 Å². The maximum atomic E-state index is 13.4. The van der Waals surface area contributed by atoms with Crippen molar-refractivity contribution in [1.82, 2.24) is 9.47 Å². The summed E-state index contributed by atoms with van der Waals surface area (Å²) in [6, 6.07) is 13.3. The molecular formula is C31H39N3O6. The summed E-state index contributed by atoms with van der Waals surface area (Å²) < 4.78 is 24.5. The van der Waals surface area contributed by atoms with Gasteiger partial charge in [0.15, 0.2) is 0 Å². The monoisotopic (exact) mass is 549 g/mol. The Morgan fingerprint density at radius 3 is 2.62 bits per heavy atom. The number of rotatable bonds is 6. The van der Waals surface area contributed by atoms with Crippen LogP contribution in [0.5, 0.6) is 11.5 Å². The molecule has 0 spiro atoms. The number of carbonyl (C=O) groups is 1. The number of pyridine rings is 1. The van der Waals surface area contributed by atoms with E-state index in [1.807, 2.05) is 63.2 Å². The molecule has 9 nitrogen and oxygen atoms in total. The highest BCUT2D eigenvalue weighted by molar-refractivity contribution is 5.83. The molecule has 0 saturated carbocycles. The number of fused-ring (bicyclic) bond motifs is 1. The molecule has 3 heterocycles. The predicted molar refractivity (Wildman–Crippen MR) is 155 cm³/mol. The molecule has 1 aromatic heterocycles. The molecule has 0 bridgehead atoms. The average molecular weight is 550 g/mol. The van der Waals surface area contributed by atoms with Gasteiger partial charge in [0.1, 0.15) is 23.7 Å². The van der Waals surface area contributed by atoms with Gasteiger partial charge in [0.25, 0.3) is 5.56 Å². The van der Waals surface area contributed by atoms with Gasteiger partial charge in [-0.05, 0) is 81.8 Å². The highest BCUT2D eigenvalue weighted by Gasteiger charge is 2.25. The van der Waals surface area contributed by atoms with Gasteiger partial charge in [0, 0.05) is 50.4 Å². The van der Waals surface area contributed by atoms with E-state index in [9.17, 15) is 9.59 Å². The second-order valence-corrected chi connectivity index (χ2v) is 11.4. The fourth-order valence-electron chi connectivity index (χ4n) is 5.23. The molecular weight excluding hydrogens is 510 g/mol. The number of ether oxygens (including phenoxy) is 4. The smallest absolute Gasteiger partial charge is 0.410 e. The number of aromatic nitrogens is 1. The molecule has 0 N–H and O–H groups in total. The number of amides is 1. The van der Waals surface area contributed by atoms with E-state index in [2.05, 4.69) is 4.90 Å². The Morgan fingerprint density at radius 2 is 1.88 bits per heavy atom. The van der Waals surface area contributed by atoms with E-state index in [0.717, 1.165) is 54.9 Å². The fraction of sp³-hybridized carbons (Fsp3) is 0.484. The Balaban J connectivity index is 1.32. The highest BCUT2D eigenvalue weighted by atomic mass is 16.6. The number of hydrogen-bond acceptors (Lipinski definition) is 7. The molecule has 0 aliphatic carbocycles. The van der Waals surface area contributed by atoms with E-state index >= 15 is 0 Å². The fourth-order valence-corrected chi connectivity index (χ4v) is 5.23.